The zero-order valence-corrected chi connectivity index (χ0v) is 12.4. The molecule has 20 heavy (non-hydrogen) atoms. The molecule has 6 nitrogen and oxygen atoms in total. The van der Waals surface area contributed by atoms with E-state index in [0.29, 0.717) is 11.7 Å². The van der Waals surface area contributed by atoms with Gasteiger partial charge in [0.2, 0.25) is 10.0 Å². The number of anilines is 2. The first-order valence-corrected chi connectivity index (χ1v) is 8.43. The largest absolute Gasteiger partial charge is 0.385 e. The maximum absolute atomic E-state index is 11.1. The first-order chi connectivity index (χ1) is 9.55. The van der Waals surface area contributed by atoms with E-state index in [4.69, 9.17) is 5.14 Å². The molecule has 0 saturated carbocycles. The molecule has 1 aromatic heterocycles. The van der Waals surface area contributed by atoms with Gasteiger partial charge in [0.15, 0.2) is 9.34 Å². The number of aromatic nitrogens is 1. The fourth-order valence-electron chi connectivity index (χ4n) is 1.55. The quantitative estimate of drug-likeness (QED) is 0.676. The van der Waals surface area contributed by atoms with Crippen LogP contribution in [0.1, 0.15) is 6.42 Å². The minimum atomic E-state index is -3.65. The van der Waals surface area contributed by atoms with Gasteiger partial charge in [-0.1, -0.05) is 29.5 Å². The fourth-order valence-corrected chi connectivity index (χ4v) is 3.02. The number of para-hydroxylation sites is 1. The van der Waals surface area contributed by atoms with Crippen LogP contribution in [-0.2, 0) is 10.0 Å². The second-order valence-electron chi connectivity index (χ2n) is 4.10. The van der Waals surface area contributed by atoms with Crippen molar-refractivity contribution in [2.45, 2.75) is 10.6 Å². The Morgan fingerprint density at radius 2 is 1.85 bits per heavy atom. The van der Waals surface area contributed by atoms with Crippen LogP contribution in [0.2, 0.25) is 0 Å². The molecule has 0 aliphatic heterocycles. The summed E-state index contributed by atoms with van der Waals surface area (Å²) in [6.07, 6.45) is 2.16. The average Bonchev–Trinajstić information content (AvgIpc) is 2.88. The Morgan fingerprint density at radius 1 is 1.15 bits per heavy atom. The zero-order chi connectivity index (χ0) is 14.4. The number of nitrogens with two attached hydrogens (primary N) is 1. The summed E-state index contributed by atoms with van der Waals surface area (Å²) >= 11 is 1.04. The molecule has 0 radical (unpaired) electrons. The number of rotatable bonds is 7. The van der Waals surface area contributed by atoms with Gasteiger partial charge >= 0.3 is 0 Å². The van der Waals surface area contributed by atoms with Gasteiger partial charge in [0.25, 0.3) is 0 Å². The molecule has 4 N–H and O–H groups in total. The summed E-state index contributed by atoms with van der Waals surface area (Å²) in [5.41, 5.74) is 1.08. The molecule has 0 aliphatic rings. The molecule has 0 saturated heterocycles. The molecule has 0 atom stereocenters. The van der Waals surface area contributed by atoms with Crippen molar-refractivity contribution in [1.82, 2.24) is 4.98 Å². The molecule has 108 valence electrons. The number of benzene rings is 1. The molecule has 1 aromatic carbocycles. The van der Waals surface area contributed by atoms with Crippen LogP contribution in [0.5, 0.6) is 0 Å². The Morgan fingerprint density at radius 3 is 2.50 bits per heavy atom. The monoisotopic (exact) mass is 312 g/mol. The molecule has 1 heterocycles. The number of thiazole rings is 1. The van der Waals surface area contributed by atoms with Crippen LogP contribution in [0.25, 0.3) is 0 Å². The molecule has 0 fully saturated rings. The summed E-state index contributed by atoms with van der Waals surface area (Å²) in [4.78, 5) is 3.97. The molecule has 0 aliphatic carbocycles. The maximum Gasteiger partial charge on any atom is 0.249 e. The van der Waals surface area contributed by atoms with Crippen LogP contribution in [0.15, 0.2) is 40.7 Å². The third-order valence-corrected chi connectivity index (χ3v) is 4.86. The maximum atomic E-state index is 11.1. The third kappa shape index (κ3) is 4.48. The highest BCUT2D eigenvalue weighted by atomic mass is 32.2. The van der Waals surface area contributed by atoms with Crippen molar-refractivity contribution in [3.63, 3.8) is 0 Å². The van der Waals surface area contributed by atoms with Crippen molar-refractivity contribution in [2.75, 3.05) is 23.7 Å². The number of sulfonamides is 1. The lowest BCUT2D eigenvalue weighted by molar-refractivity contribution is 0.599. The second kappa shape index (κ2) is 6.69. The van der Waals surface area contributed by atoms with E-state index in [0.717, 1.165) is 30.0 Å². The van der Waals surface area contributed by atoms with E-state index in [-0.39, 0.29) is 4.21 Å². The number of nitrogens with one attached hydrogen (secondary N) is 2. The summed E-state index contributed by atoms with van der Waals surface area (Å²) in [5.74, 6) is 0. The Bertz CT molecular complexity index is 640. The normalized spacial score (nSPS) is 11.2. The van der Waals surface area contributed by atoms with E-state index in [1.165, 1.54) is 6.20 Å². The molecule has 0 amide bonds. The minimum absolute atomic E-state index is 0.0717. The third-order valence-electron chi connectivity index (χ3n) is 2.50. The summed E-state index contributed by atoms with van der Waals surface area (Å²) in [6.45, 7) is 1.53. The lowest BCUT2D eigenvalue weighted by Gasteiger charge is -2.06. The van der Waals surface area contributed by atoms with Crippen LogP contribution >= 0.6 is 11.3 Å². The highest BCUT2D eigenvalue weighted by Crippen LogP contribution is 2.21. The van der Waals surface area contributed by atoms with Crippen molar-refractivity contribution in [2.24, 2.45) is 5.14 Å². The Hall–Kier alpha value is -1.64. The van der Waals surface area contributed by atoms with E-state index in [1.807, 2.05) is 30.3 Å². The topological polar surface area (TPSA) is 97.1 Å². The summed E-state index contributed by atoms with van der Waals surface area (Å²) < 4.78 is 22.3. The van der Waals surface area contributed by atoms with Gasteiger partial charge in [-0.15, -0.1) is 0 Å². The molecule has 2 aromatic rings. The van der Waals surface area contributed by atoms with E-state index in [2.05, 4.69) is 15.6 Å². The van der Waals surface area contributed by atoms with E-state index in [1.54, 1.807) is 0 Å². The summed E-state index contributed by atoms with van der Waals surface area (Å²) in [6, 6.07) is 9.94. The molecule has 0 spiro atoms. The number of nitrogens with zero attached hydrogens (tertiary/aromatic N) is 1. The van der Waals surface area contributed by atoms with Gasteiger partial charge in [-0.25, -0.2) is 18.5 Å². The summed E-state index contributed by atoms with van der Waals surface area (Å²) in [5, 5.41) is 11.9. The van der Waals surface area contributed by atoms with Gasteiger partial charge in [-0.05, 0) is 18.6 Å². The van der Waals surface area contributed by atoms with Gasteiger partial charge in [0.1, 0.15) is 0 Å². The zero-order valence-electron chi connectivity index (χ0n) is 10.7. The number of hydrogen-bond acceptors (Lipinski definition) is 6. The first-order valence-electron chi connectivity index (χ1n) is 6.07. The molecular formula is C12H16N4O2S2. The Labute approximate surface area is 122 Å². The van der Waals surface area contributed by atoms with Crippen molar-refractivity contribution in [1.29, 1.82) is 0 Å². The minimum Gasteiger partial charge on any atom is -0.385 e. The predicted octanol–water partition coefficient (Wildman–Crippen LogP) is 1.70. The predicted molar refractivity (Wildman–Crippen MR) is 81.5 cm³/mol. The van der Waals surface area contributed by atoms with Gasteiger partial charge in [0.05, 0.1) is 6.20 Å². The molecule has 8 heteroatoms. The van der Waals surface area contributed by atoms with Gasteiger partial charge in [-0.3, -0.25) is 0 Å². The Balaban J connectivity index is 1.70. The van der Waals surface area contributed by atoms with Crippen molar-refractivity contribution >= 4 is 32.2 Å². The van der Waals surface area contributed by atoms with Gasteiger partial charge in [-0.2, -0.15) is 0 Å². The van der Waals surface area contributed by atoms with Crippen LogP contribution in [0.4, 0.5) is 10.8 Å². The van der Waals surface area contributed by atoms with Crippen molar-refractivity contribution in [3.8, 4) is 0 Å². The molecule has 0 bridgehead atoms. The highest BCUT2D eigenvalue weighted by molar-refractivity contribution is 7.91. The first kappa shape index (κ1) is 14.8. The van der Waals surface area contributed by atoms with Crippen molar-refractivity contribution < 1.29 is 8.42 Å². The smallest absolute Gasteiger partial charge is 0.249 e. The van der Waals surface area contributed by atoms with E-state index in [9.17, 15) is 8.42 Å². The second-order valence-corrected chi connectivity index (χ2v) is 6.92. The summed E-state index contributed by atoms with van der Waals surface area (Å²) in [7, 11) is -3.65. The SMILES string of the molecule is NS(=O)(=O)c1cnc(NCCCNc2ccccc2)s1. The van der Waals surface area contributed by atoms with Gasteiger partial charge < -0.3 is 10.6 Å². The number of hydrogen-bond donors (Lipinski definition) is 3. The number of primary sulfonamides is 1. The lowest BCUT2D eigenvalue weighted by atomic mass is 10.3. The standard InChI is InChI=1S/C12H16N4O2S2/c13-20(17,18)11-9-16-12(19-11)15-8-4-7-14-10-5-2-1-3-6-10/h1-3,5-6,9,14H,4,7-8H2,(H,15,16)(H2,13,17,18). The molecule has 0 unspecified atom stereocenters. The highest BCUT2D eigenvalue weighted by Gasteiger charge is 2.11. The van der Waals surface area contributed by atoms with Crippen LogP contribution in [-0.4, -0.2) is 26.5 Å². The van der Waals surface area contributed by atoms with E-state index >= 15 is 0 Å². The Kier molecular flexibility index (Phi) is 4.94. The molecule has 2 rings (SSSR count). The van der Waals surface area contributed by atoms with Gasteiger partial charge in [0, 0.05) is 18.8 Å². The van der Waals surface area contributed by atoms with E-state index < -0.39 is 10.0 Å². The van der Waals surface area contributed by atoms with Crippen LogP contribution in [0.3, 0.4) is 0 Å². The van der Waals surface area contributed by atoms with Crippen LogP contribution in [0, 0.1) is 0 Å². The molecular weight excluding hydrogens is 296 g/mol. The average molecular weight is 312 g/mol. The van der Waals surface area contributed by atoms with Crippen LogP contribution < -0.4 is 15.8 Å². The lowest BCUT2D eigenvalue weighted by Crippen LogP contribution is -2.10. The fraction of sp³-hybridized carbons (Fsp3) is 0.250. The van der Waals surface area contributed by atoms with Crippen molar-refractivity contribution in [3.05, 3.63) is 36.5 Å².